The summed E-state index contributed by atoms with van der Waals surface area (Å²) in [5.74, 6) is -0.246. The van der Waals surface area contributed by atoms with Crippen LogP contribution in [0.25, 0.3) is 5.65 Å². The number of aromatic nitrogens is 3. The molecule has 4 heterocycles. The van der Waals surface area contributed by atoms with Gasteiger partial charge in [-0.2, -0.15) is 5.10 Å². The molecule has 0 N–H and O–H groups in total. The summed E-state index contributed by atoms with van der Waals surface area (Å²) in [6, 6.07) is 13.5. The van der Waals surface area contributed by atoms with Crippen LogP contribution in [0.3, 0.4) is 0 Å². The van der Waals surface area contributed by atoms with Crippen LogP contribution in [0.1, 0.15) is 42.1 Å². The number of rotatable bonds is 5. The molecule has 2 aromatic heterocycles. The van der Waals surface area contributed by atoms with Crippen molar-refractivity contribution in [2.24, 2.45) is 5.41 Å². The lowest BCUT2D eigenvalue weighted by atomic mass is 9.70. The fourth-order valence-electron chi connectivity index (χ4n) is 5.30. The number of benzene rings is 1. The number of carbonyl (C=O) groups excluding carboxylic acids is 2. The molecule has 2 aliphatic rings. The second-order valence-corrected chi connectivity index (χ2v) is 8.18. The van der Waals surface area contributed by atoms with Crippen LogP contribution in [0, 0.1) is 5.41 Å². The number of pyridine rings is 1. The molecule has 154 valence electrons. The molecule has 0 saturated carbocycles. The first-order chi connectivity index (χ1) is 14.6. The van der Waals surface area contributed by atoms with E-state index in [1.807, 2.05) is 42.2 Å². The summed E-state index contributed by atoms with van der Waals surface area (Å²) in [4.78, 5) is 32.8. The van der Waals surface area contributed by atoms with E-state index >= 15 is 0 Å². The largest absolute Gasteiger partial charge is 0.465 e. The quantitative estimate of drug-likeness (QED) is 0.611. The van der Waals surface area contributed by atoms with Crippen LogP contribution in [-0.4, -0.2) is 50.1 Å². The van der Waals surface area contributed by atoms with Crippen molar-refractivity contribution < 1.29 is 14.3 Å². The topological polar surface area (TPSA) is 76.8 Å². The minimum Gasteiger partial charge on any atom is -0.465 e. The normalized spacial score (nSPS) is 25.0. The summed E-state index contributed by atoms with van der Waals surface area (Å²) in [6.07, 6.45) is 6.13. The molecule has 30 heavy (non-hydrogen) atoms. The summed E-state index contributed by atoms with van der Waals surface area (Å²) < 4.78 is 7.14. The molecule has 2 saturated heterocycles. The second kappa shape index (κ2) is 7.23. The van der Waals surface area contributed by atoms with E-state index in [4.69, 9.17) is 4.74 Å². The highest BCUT2D eigenvalue weighted by Crippen LogP contribution is 2.52. The van der Waals surface area contributed by atoms with Gasteiger partial charge in [0.05, 0.1) is 17.6 Å². The van der Waals surface area contributed by atoms with Gasteiger partial charge in [-0.05, 0) is 50.3 Å². The third-order valence-electron chi connectivity index (χ3n) is 6.54. The maximum absolute atomic E-state index is 13.5. The van der Waals surface area contributed by atoms with Crippen LogP contribution in [0.2, 0.25) is 0 Å². The molecule has 0 unspecified atom stereocenters. The molecule has 2 aliphatic heterocycles. The molecule has 1 amide bonds. The van der Waals surface area contributed by atoms with Crippen molar-refractivity contribution in [3.8, 4) is 0 Å². The molecule has 1 aromatic carbocycles. The van der Waals surface area contributed by atoms with Crippen LogP contribution in [0.4, 0.5) is 0 Å². The molecule has 2 fully saturated rings. The van der Waals surface area contributed by atoms with E-state index in [2.05, 4.69) is 10.1 Å². The highest BCUT2D eigenvalue weighted by molar-refractivity contribution is 5.96. The molecule has 5 rings (SSSR count). The van der Waals surface area contributed by atoms with Gasteiger partial charge in [-0.3, -0.25) is 9.59 Å². The van der Waals surface area contributed by atoms with E-state index in [1.54, 1.807) is 22.8 Å². The van der Waals surface area contributed by atoms with Crippen molar-refractivity contribution in [2.75, 3.05) is 6.61 Å². The lowest BCUT2D eigenvalue weighted by Gasteiger charge is -2.35. The highest BCUT2D eigenvalue weighted by atomic mass is 16.5. The summed E-state index contributed by atoms with van der Waals surface area (Å²) in [5.41, 5.74) is 1.65. The first-order valence-corrected chi connectivity index (χ1v) is 10.5. The fourth-order valence-corrected chi connectivity index (χ4v) is 5.30. The maximum Gasteiger partial charge on any atom is 0.314 e. The average molecular weight is 404 g/mol. The van der Waals surface area contributed by atoms with Crippen molar-refractivity contribution in [3.63, 3.8) is 0 Å². The molecule has 3 aromatic rings. The van der Waals surface area contributed by atoms with E-state index in [0.29, 0.717) is 30.7 Å². The molecule has 2 bridgehead atoms. The van der Waals surface area contributed by atoms with Gasteiger partial charge in [0, 0.05) is 18.3 Å². The predicted molar refractivity (Wildman–Crippen MR) is 110 cm³/mol. The van der Waals surface area contributed by atoms with Gasteiger partial charge in [-0.15, -0.1) is 0 Å². The molecule has 0 aliphatic carbocycles. The molecule has 7 nitrogen and oxygen atoms in total. The van der Waals surface area contributed by atoms with E-state index in [0.717, 1.165) is 18.4 Å². The third-order valence-corrected chi connectivity index (χ3v) is 6.54. The van der Waals surface area contributed by atoms with Crippen LogP contribution in [0.5, 0.6) is 0 Å². The fraction of sp³-hybridized carbons (Fsp3) is 0.391. The Balaban J connectivity index is 1.50. The van der Waals surface area contributed by atoms with Crippen LogP contribution < -0.4 is 0 Å². The van der Waals surface area contributed by atoms with Crippen molar-refractivity contribution in [2.45, 2.75) is 44.7 Å². The molecule has 7 heteroatoms. The van der Waals surface area contributed by atoms with Crippen molar-refractivity contribution in [1.29, 1.82) is 0 Å². The average Bonchev–Trinajstić information content (AvgIpc) is 3.47. The highest BCUT2D eigenvalue weighted by Gasteiger charge is 2.62. The summed E-state index contributed by atoms with van der Waals surface area (Å²) in [7, 11) is 0. The first kappa shape index (κ1) is 18.8. The second-order valence-electron chi connectivity index (χ2n) is 8.18. The van der Waals surface area contributed by atoms with Gasteiger partial charge >= 0.3 is 5.97 Å². The predicted octanol–water partition coefficient (Wildman–Crippen LogP) is 2.90. The summed E-state index contributed by atoms with van der Waals surface area (Å²) in [6.45, 7) is 2.17. The number of nitrogens with zero attached hydrogens (tertiary/aromatic N) is 4. The number of esters is 1. The van der Waals surface area contributed by atoms with Gasteiger partial charge in [-0.1, -0.05) is 30.3 Å². The molecule has 0 radical (unpaired) electrons. The van der Waals surface area contributed by atoms with Crippen molar-refractivity contribution >= 4 is 17.5 Å². The van der Waals surface area contributed by atoms with E-state index < -0.39 is 5.41 Å². The Labute approximate surface area is 174 Å². The monoisotopic (exact) mass is 404 g/mol. The zero-order chi connectivity index (χ0) is 20.7. The Bertz CT molecular complexity index is 1100. The molecule has 3 atom stereocenters. The van der Waals surface area contributed by atoms with E-state index in [-0.39, 0.29) is 24.0 Å². The molecular formula is C23H24N4O3. The zero-order valence-electron chi connectivity index (χ0n) is 16.9. The van der Waals surface area contributed by atoms with Gasteiger partial charge in [-0.25, -0.2) is 9.50 Å². The number of ether oxygens (including phenoxy) is 1. The number of carbonyl (C=O) groups is 2. The van der Waals surface area contributed by atoms with Crippen molar-refractivity contribution in [1.82, 2.24) is 19.5 Å². The van der Waals surface area contributed by atoms with Crippen molar-refractivity contribution in [3.05, 3.63) is 66.1 Å². The van der Waals surface area contributed by atoms with Gasteiger partial charge in [0.2, 0.25) is 0 Å². The lowest BCUT2D eigenvalue weighted by Crippen LogP contribution is -2.47. The Morgan fingerprint density at radius 1 is 1.17 bits per heavy atom. The SMILES string of the molecule is CCOC(=O)[C@@]1(Cc2ccccc2)C[C@H]2CC[C@@H]1N2C(=O)c1ccc2ncnn2c1. The number of hydrogen-bond acceptors (Lipinski definition) is 5. The van der Waals surface area contributed by atoms with E-state index in [1.165, 1.54) is 6.33 Å². The lowest BCUT2D eigenvalue weighted by molar-refractivity contribution is -0.157. The Morgan fingerprint density at radius 3 is 2.80 bits per heavy atom. The minimum absolute atomic E-state index is 0.0436. The van der Waals surface area contributed by atoms with Gasteiger partial charge in [0.1, 0.15) is 6.33 Å². The van der Waals surface area contributed by atoms with Crippen LogP contribution in [0.15, 0.2) is 55.0 Å². The first-order valence-electron chi connectivity index (χ1n) is 10.5. The van der Waals surface area contributed by atoms with Gasteiger partial charge in [0.25, 0.3) is 5.91 Å². The van der Waals surface area contributed by atoms with E-state index in [9.17, 15) is 9.59 Å². The molecule has 0 spiro atoms. The standard InChI is InChI=1S/C23H24N4O3/c1-2-30-22(29)23(12-16-6-4-3-5-7-16)13-18-9-10-19(23)27(18)21(28)17-8-11-20-24-15-25-26(20)14-17/h3-8,11,14-15,18-19H,2,9-10,12-13H2,1H3/t18-,19+,23+/m1/s1. The third kappa shape index (κ3) is 2.88. The summed E-state index contributed by atoms with van der Waals surface area (Å²) in [5, 5.41) is 4.14. The van der Waals surface area contributed by atoms with Gasteiger partial charge in [0.15, 0.2) is 5.65 Å². The summed E-state index contributed by atoms with van der Waals surface area (Å²) >= 11 is 0. The number of hydrogen-bond donors (Lipinski definition) is 0. The number of amides is 1. The Kier molecular flexibility index (Phi) is 4.53. The van der Waals surface area contributed by atoms with Gasteiger partial charge < -0.3 is 9.64 Å². The van der Waals surface area contributed by atoms with Crippen LogP contribution >= 0.6 is 0 Å². The smallest absolute Gasteiger partial charge is 0.314 e. The van der Waals surface area contributed by atoms with Crippen LogP contribution in [-0.2, 0) is 16.0 Å². The Morgan fingerprint density at radius 2 is 2.00 bits per heavy atom. The zero-order valence-corrected chi connectivity index (χ0v) is 16.9. The number of fused-ring (bicyclic) bond motifs is 3. The Hall–Kier alpha value is -3.22. The minimum atomic E-state index is -0.701. The maximum atomic E-state index is 13.5. The molecular weight excluding hydrogens is 380 g/mol.